The summed E-state index contributed by atoms with van der Waals surface area (Å²) >= 11 is 0. The van der Waals surface area contributed by atoms with Gasteiger partial charge in [-0.2, -0.15) is 13.2 Å². The molecule has 1 aromatic heterocycles. The summed E-state index contributed by atoms with van der Waals surface area (Å²) in [7, 11) is 0. The molecular weight excluding hydrogens is 491 g/mol. The van der Waals surface area contributed by atoms with Gasteiger partial charge in [0.1, 0.15) is 17.5 Å². The number of benzene rings is 2. The van der Waals surface area contributed by atoms with Gasteiger partial charge in [-0.15, -0.1) is 0 Å². The predicted octanol–water partition coefficient (Wildman–Crippen LogP) is 5.77. The van der Waals surface area contributed by atoms with Crippen LogP contribution in [0.3, 0.4) is 0 Å². The molecule has 5 rings (SSSR count). The van der Waals surface area contributed by atoms with Gasteiger partial charge < -0.3 is 10.2 Å². The SMILES string of the molecule is O=C(N[C@@H]1CCC[C@H]1c1ccc(C(F)(F)F)c(F)c1)N1CCc2cnc(Cc3ccc(F)cc3)nc2C1. The summed E-state index contributed by atoms with van der Waals surface area (Å²) in [5, 5.41) is 3.02. The van der Waals surface area contributed by atoms with Crippen LogP contribution in [-0.4, -0.2) is 33.5 Å². The zero-order valence-corrected chi connectivity index (χ0v) is 19.9. The van der Waals surface area contributed by atoms with Crippen LogP contribution < -0.4 is 5.32 Å². The molecule has 194 valence electrons. The number of fused-ring (bicyclic) bond motifs is 1. The number of nitrogens with one attached hydrogen (secondary N) is 1. The minimum atomic E-state index is -4.75. The Kier molecular flexibility index (Phi) is 6.83. The Morgan fingerprint density at radius 1 is 1.08 bits per heavy atom. The first kappa shape index (κ1) is 25.1. The van der Waals surface area contributed by atoms with Crippen molar-refractivity contribution in [2.75, 3.05) is 6.54 Å². The van der Waals surface area contributed by atoms with Gasteiger partial charge >= 0.3 is 12.2 Å². The summed E-state index contributed by atoms with van der Waals surface area (Å²) in [4.78, 5) is 23.8. The van der Waals surface area contributed by atoms with E-state index in [2.05, 4.69) is 15.3 Å². The van der Waals surface area contributed by atoms with E-state index in [4.69, 9.17) is 0 Å². The Bertz CT molecular complexity index is 1290. The molecule has 3 aromatic rings. The van der Waals surface area contributed by atoms with E-state index in [9.17, 15) is 26.7 Å². The summed E-state index contributed by atoms with van der Waals surface area (Å²) in [5.74, 6) is -1.30. The molecule has 1 N–H and O–H groups in total. The lowest BCUT2D eigenvalue weighted by molar-refractivity contribution is -0.140. The highest BCUT2D eigenvalue weighted by Crippen LogP contribution is 2.38. The first-order valence-electron chi connectivity index (χ1n) is 12.2. The van der Waals surface area contributed by atoms with Crippen molar-refractivity contribution in [2.45, 2.75) is 56.8 Å². The molecule has 10 heteroatoms. The highest BCUT2D eigenvalue weighted by molar-refractivity contribution is 5.75. The minimum absolute atomic E-state index is 0.262. The average molecular weight is 517 g/mol. The topological polar surface area (TPSA) is 58.1 Å². The Balaban J connectivity index is 1.25. The van der Waals surface area contributed by atoms with E-state index < -0.39 is 17.6 Å². The third-order valence-corrected chi connectivity index (χ3v) is 7.11. The molecule has 2 atom stereocenters. The Labute approximate surface area is 210 Å². The summed E-state index contributed by atoms with van der Waals surface area (Å²) in [6.07, 6.45) is 0.138. The van der Waals surface area contributed by atoms with Crippen molar-refractivity contribution in [3.63, 3.8) is 0 Å². The van der Waals surface area contributed by atoms with Gasteiger partial charge in [-0.25, -0.2) is 23.5 Å². The summed E-state index contributed by atoms with van der Waals surface area (Å²) in [6, 6.07) is 8.55. The predicted molar refractivity (Wildman–Crippen MR) is 126 cm³/mol. The number of hydrogen-bond donors (Lipinski definition) is 1. The molecule has 1 saturated carbocycles. The van der Waals surface area contributed by atoms with Crippen LogP contribution in [0.2, 0.25) is 0 Å². The molecule has 2 aromatic carbocycles. The van der Waals surface area contributed by atoms with Crippen LogP contribution in [-0.2, 0) is 25.6 Å². The standard InChI is InChI=1S/C27H25F5N4O/c28-19-7-4-16(5-8-19)12-25-33-14-18-10-11-36(15-24(18)34-25)26(37)35-23-3-1-2-20(23)17-6-9-21(22(29)13-17)27(30,31)32/h4-9,13-14,20,23H,1-3,10-12,15H2,(H,35,37)/t20-,23+/m0/s1. The number of carbonyl (C=O) groups is 1. The zero-order valence-electron chi connectivity index (χ0n) is 19.9. The van der Waals surface area contributed by atoms with Gasteiger partial charge in [0.15, 0.2) is 0 Å². The third-order valence-electron chi connectivity index (χ3n) is 7.11. The van der Waals surface area contributed by atoms with E-state index in [0.717, 1.165) is 35.4 Å². The number of alkyl halides is 3. The van der Waals surface area contributed by atoms with Gasteiger partial charge in [0.05, 0.1) is 17.8 Å². The Hall–Kier alpha value is -3.56. The Morgan fingerprint density at radius 3 is 2.59 bits per heavy atom. The van der Waals surface area contributed by atoms with Gasteiger partial charge in [0, 0.05) is 31.1 Å². The van der Waals surface area contributed by atoms with Gasteiger partial charge in [-0.05, 0) is 60.2 Å². The maximum absolute atomic E-state index is 14.2. The highest BCUT2D eigenvalue weighted by atomic mass is 19.4. The summed E-state index contributed by atoms with van der Waals surface area (Å²) in [6.45, 7) is 0.776. The van der Waals surface area contributed by atoms with E-state index in [1.54, 1.807) is 23.2 Å². The van der Waals surface area contributed by atoms with Gasteiger partial charge in [-0.1, -0.05) is 24.6 Å². The largest absolute Gasteiger partial charge is 0.419 e. The first-order valence-corrected chi connectivity index (χ1v) is 12.2. The van der Waals surface area contributed by atoms with Crippen molar-refractivity contribution in [3.8, 4) is 0 Å². The highest BCUT2D eigenvalue weighted by Gasteiger charge is 2.36. The molecule has 5 nitrogen and oxygen atoms in total. The van der Waals surface area contributed by atoms with E-state index >= 15 is 0 Å². The normalized spacial score (nSPS) is 19.5. The van der Waals surface area contributed by atoms with E-state index in [0.29, 0.717) is 50.2 Å². The van der Waals surface area contributed by atoms with Gasteiger partial charge in [0.25, 0.3) is 0 Å². The molecule has 1 aliphatic carbocycles. The number of rotatable bonds is 4. The van der Waals surface area contributed by atoms with Crippen molar-refractivity contribution in [2.24, 2.45) is 0 Å². The lowest BCUT2D eigenvalue weighted by Gasteiger charge is -2.31. The lowest BCUT2D eigenvalue weighted by atomic mass is 9.93. The zero-order chi connectivity index (χ0) is 26.2. The molecule has 2 amide bonds. The van der Waals surface area contributed by atoms with E-state index in [-0.39, 0.29) is 23.8 Å². The van der Waals surface area contributed by atoms with Gasteiger partial charge in [-0.3, -0.25) is 0 Å². The summed E-state index contributed by atoms with van der Waals surface area (Å²) < 4.78 is 66.2. The van der Waals surface area contributed by atoms with Crippen molar-refractivity contribution < 1.29 is 26.7 Å². The second-order valence-corrected chi connectivity index (χ2v) is 9.56. The molecule has 0 radical (unpaired) electrons. The van der Waals surface area contributed by atoms with Crippen molar-refractivity contribution in [1.82, 2.24) is 20.2 Å². The van der Waals surface area contributed by atoms with Crippen LogP contribution in [0.15, 0.2) is 48.7 Å². The third kappa shape index (κ3) is 5.57. The van der Waals surface area contributed by atoms with Gasteiger partial charge in [0.2, 0.25) is 0 Å². The summed E-state index contributed by atoms with van der Waals surface area (Å²) in [5.41, 5.74) is 1.75. The number of aromatic nitrogens is 2. The van der Waals surface area contributed by atoms with Crippen LogP contribution in [0.1, 0.15) is 59.0 Å². The maximum Gasteiger partial charge on any atom is 0.419 e. The van der Waals surface area contributed by atoms with Crippen LogP contribution in [0.25, 0.3) is 0 Å². The second kappa shape index (κ2) is 10.1. The number of amides is 2. The molecule has 0 spiro atoms. The van der Waals surface area contributed by atoms with Crippen molar-refractivity contribution in [3.05, 3.63) is 94.1 Å². The van der Waals surface area contributed by atoms with E-state index in [1.165, 1.54) is 18.2 Å². The molecule has 2 aliphatic rings. The number of carbonyl (C=O) groups excluding carboxylic acids is 1. The number of urea groups is 1. The number of nitrogens with zero attached hydrogens (tertiary/aromatic N) is 3. The number of halogens is 5. The first-order chi connectivity index (χ1) is 17.7. The second-order valence-electron chi connectivity index (χ2n) is 9.56. The molecule has 1 fully saturated rings. The smallest absolute Gasteiger partial charge is 0.335 e. The molecular formula is C27H25F5N4O. The lowest BCUT2D eigenvalue weighted by Crippen LogP contribution is -2.47. The average Bonchev–Trinajstić information content (AvgIpc) is 3.32. The Morgan fingerprint density at radius 2 is 1.86 bits per heavy atom. The fraction of sp³-hybridized carbons (Fsp3) is 0.370. The minimum Gasteiger partial charge on any atom is -0.335 e. The quantitative estimate of drug-likeness (QED) is 0.448. The number of hydrogen-bond acceptors (Lipinski definition) is 3. The molecule has 2 heterocycles. The molecule has 0 unspecified atom stereocenters. The van der Waals surface area contributed by atoms with Crippen molar-refractivity contribution in [1.29, 1.82) is 0 Å². The molecule has 0 bridgehead atoms. The molecule has 37 heavy (non-hydrogen) atoms. The van der Waals surface area contributed by atoms with Crippen LogP contribution in [0, 0.1) is 11.6 Å². The van der Waals surface area contributed by atoms with E-state index in [1.807, 2.05) is 0 Å². The fourth-order valence-electron chi connectivity index (χ4n) is 5.16. The fourth-order valence-corrected chi connectivity index (χ4v) is 5.16. The van der Waals surface area contributed by atoms with Crippen LogP contribution >= 0.6 is 0 Å². The van der Waals surface area contributed by atoms with Crippen LogP contribution in [0.4, 0.5) is 26.7 Å². The molecule has 1 aliphatic heterocycles. The monoisotopic (exact) mass is 516 g/mol. The molecule has 0 saturated heterocycles. The van der Waals surface area contributed by atoms with Crippen LogP contribution in [0.5, 0.6) is 0 Å². The maximum atomic E-state index is 14.2. The van der Waals surface area contributed by atoms with Crippen molar-refractivity contribution >= 4 is 6.03 Å².